The first kappa shape index (κ1) is 15.6. The molecule has 0 saturated heterocycles. The number of aryl methyl sites for hydroxylation is 1. The van der Waals surface area contributed by atoms with Crippen molar-refractivity contribution in [2.75, 3.05) is 12.8 Å². The van der Waals surface area contributed by atoms with E-state index in [2.05, 4.69) is 57.4 Å². The average molecular weight is 265 g/mol. The zero-order chi connectivity index (χ0) is 13.4. The van der Waals surface area contributed by atoms with Crippen molar-refractivity contribution in [2.45, 2.75) is 51.0 Å². The van der Waals surface area contributed by atoms with Crippen LogP contribution in [0.2, 0.25) is 0 Å². The van der Waals surface area contributed by atoms with Crippen molar-refractivity contribution in [2.24, 2.45) is 5.92 Å². The molecule has 2 atom stereocenters. The van der Waals surface area contributed by atoms with Crippen LogP contribution in [0.1, 0.15) is 38.7 Å². The van der Waals surface area contributed by atoms with E-state index in [9.17, 15) is 0 Å². The molecule has 0 bridgehead atoms. The van der Waals surface area contributed by atoms with Crippen LogP contribution in [-0.4, -0.2) is 18.8 Å². The molecule has 0 aliphatic heterocycles. The van der Waals surface area contributed by atoms with Crippen molar-refractivity contribution < 1.29 is 0 Å². The van der Waals surface area contributed by atoms with E-state index in [0.29, 0.717) is 6.04 Å². The van der Waals surface area contributed by atoms with Gasteiger partial charge in [-0.3, -0.25) is 0 Å². The first-order chi connectivity index (χ1) is 8.67. The summed E-state index contributed by atoms with van der Waals surface area (Å²) in [7, 11) is 2.09. The van der Waals surface area contributed by atoms with Crippen LogP contribution in [0.5, 0.6) is 0 Å². The Bertz CT molecular complexity index is 338. The van der Waals surface area contributed by atoms with Gasteiger partial charge in [-0.15, -0.1) is 11.8 Å². The van der Waals surface area contributed by atoms with Gasteiger partial charge in [-0.25, -0.2) is 0 Å². The number of benzene rings is 1. The molecule has 1 rings (SSSR count). The third kappa shape index (κ3) is 5.45. The Morgan fingerprint density at radius 1 is 1.28 bits per heavy atom. The second kappa shape index (κ2) is 8.60. The summed E-state index contributed by atoms with van der Waals surface area (Å²) in [6.07, 6.45) is 3.92. The number of hydrogen-bond donors (Lipinski definition) is 1. The Hall–Kier alpha value is -0.470. The zero-order valence-corrected chi connectivity index (χ0v) is 13.0. The first-order valence-electron chi connectivity index (χ1n) is 7.03. The minimum atomic E-state index is 0.621. The van der Waals surface area contributed by atoms with Crippen LogP contribution in [0.3, 0.4) is 0 Å². The Morgan fingerprint density at radius 3 is 2.61 bits per heavy atom. The highest BCUT2D eigenvalue weighted by Crippen LogP contribution is 2.24. The largest absolute Gasteiger partial charge is 0.316 e. The highest BCUT2D eigenvalue weighted by atomic mass is 32.2. The molecule has 1 nitrogen and oxygen atoms in total. The summed E-state index contributed by atoms with van der Waals surface area (Å²) in [5.74, 6) is 1.99. The molecule has 0 saturated carbocycles. The predicted octanol–water partition coefficient (Wildman–Crippen LogP) is 4.50. The maximum absolute atomic E-state index is 3.46. The monoisotopic (exact) mass is 265 g/mol. The lowest BCUT2D eigenvalue weighted by Crippen LogP contribution is -2.29. The van der Waals surface area contributed by atoms with Crippen molar-refractivity contribution >= 4 is 11.8 Å². The smallest absolute Gasteiger partial charge is 0.0161 e. The molecule has 0 aliphatic rings. The molecule has 102 valence electrons. The second-order valence-electron chi connectivity index (χ2n) is 5.19. The van der Waals surface area contributed by atoms with E-state index in [1.54, 1.807) is 0 Å². The lowest BCUT2D eigenvalue weighted by Gasteiger charge is -2.20. The minimum Gasteiger partial charge on any atom is -0.316 e. The lowest BCUT2D eigenvalue weighted by molar-refractivity contribution is 0.420. The summed E-state index contributed by atoms with van der Waals surface area (Å²) in [5, 5.41) is 3.46. The van der Waals surface area contributed by atoms with Crippen LogP contribution in [-0.2, 0) is 0 Å². The van der Waals surface area contributed by atoms with Gasteiger partial charge in [-0.2, -0.15) is 0 Å². The topological polar surface area (TPSA) is 12.0 Å². The van der Waals surface area contributed by atoms with Crippen LogP contribution in [0, 0.1) is 12.8 Å². The summed E-state index contributed by atoms with van der Waals surface area (Å²) in [5.41, 5.74) is 1.39. The fourth-order valence-electron chi connectivity index (χ4n) is 2.27. The van der Waals surface area contributed by atoms with Gasteiger partial charge in [-0.05, 0) is 37.9 Å². The van der Waals surface area contributed by atoms with Gasteiger partial charge in [0.05, 0.1) is 0 Å². The third-order valence-corrected chi connectivity index (χ3v) is 4.75. The highest BCUT2D eigenvalue weighted by Gasteiger charge is 2.11. The molecular weight excluding hydrogens is 238 g/mol. The van der Waals surface area contributed by atoms with E-state index >= 15 is 0 Å². The molecule has 0 heterocycles. The summed E-state index contributed by atoms with van der Waals surface area (Å²) in [4.78, 5) is 1.42. The predicted molar refractivity (Wildman–Crippen MR) is 83.4 cm³/mol. The van der Waals surface area contributed by atoms with E-state index in [0.717, 1.165) is 11.7 Å². The minimum absolute atomic E-state index is 0.621. The third-order valence-electron chi connectivity index (χ3n) is 3.41. The van der Waals surface area contributed by atoms with Gasteiger partial charge in [-0.1, -0.05) is 44.9 Å². The van der Waals surface area contributed by atoms with Crippen LogP contribution in [0.4, 0.5) is 0 Å². The Kier molecular flexibility index (Phi) is 7.45. The van der Waals surface area contributed by atoms with Gasteiger partial charge in [0.25, 0.3) is 0 Å². The van der Waals surface area contributed by atoms with Gasteiger partial charge in [0.15, 0.2) is 0 Å². The fraction of sp³-hybridized carbons (Fsp3) is 0.625. The molecule has 0 spiro atoms. The summed E-state index contributed by atoms with van der Waals surface area (Å²) < 4.78 is 0. The summed E-state index contributed by atoms with van der Waals surface area (Å²) in [6, 6.07) is 9.27. The number of thioether (sulfide) groups is 1. The first-order valence-corrected chi connectivity index (χ1v) is 8.01. The van der Waals surface area contributed by atoms with Crippen molar-refractivity contribution in [3.05, 3.63) is 29.8 Å². The van der Waals surface area contributed by atoms with Crippen LogP contribution >= 0.6 is 11.8 Å². The Morgan fingerprint density at radius 2 is 2.00 bits per heavy atom. The molecule has 2 heteroatoms. The maximum Gasteiger partial charge on any atom is 0.0161 e. The van der Waals surface area contributed by atoms with E-state index in [1.165, 1.54) is 29.7 Å². The fourth-order valence-corrected chi connectivity index (χ4v) is 3.43. The number of rotatable bonds is 8. The second-order valence-corrected chi connectivity index (χ2v) is 6.25. The Labute approximate surface area is 117 Å². The molecule has 0 radical (unpaired) electrons. The van der Waals surface area contributed by atoms with E-state index in [1.807, 2.05) is 11.8 Å². The molecule has 1 N–H and O–H groups in total. The molecule has 1 aromatic rings. The molecule has 0 aromatic heterocycles. The molecule has 0 fully saturated rings. The Balaban J connectivity index is 2.42. The zero-order valence-electron chi connectivity index (χ0n) is 12.2. The quantitative estimate of drug-likeness (QED) is 0.694. The maximum atomic E-state index is 3.46. The molecule has 0 amide bonds. The highest BCUT2D eigenvalue weighted by molar-refractivity contribution is 7.99. The summed E-state index contributed by atoms with van der Waals surface area (Å²) >= 11 is 1.98. The van der Waals surface area contributed by atoms with Crippen LogP contribution in [0.25, 0.3) is 0 Å². The van der Waals surface area contributed by atoms with Gasteiger partial charge in [0.2, 0.25) is 0 Å². The van der Waals surface area contributed by atoms with Gasteiger partial charge >= 0.3 is 0 Å². The molecule has 1 aromatic carbocycles. The molecule has 2 unspecified atom stereocenters. The van der Waals surface area contributed by atoms with Crippen LogP contribution in [0.15, 0.2) is 29.2 Å². The van der Waals surface area contributed by atoms with Crippen molar-refractivity contribution in [3.8, 4) is 0 Å². The molecule has 0 aliphatic carbocycles. The van der Waals surface area contributed by atoms with E-state index < -0.39 is 0 Å². The average Bonchev–Trinajstić information content (AvgIpc) is 2.36. The van der Waals surface area contributed by atoms with Crippen molar-refractivity contribution in [1.82, 2.24) is 5.32 Å². The lowest BCUT2D eigenvalue weighted by atomic mass is 9.98. The normalized spacial score (nSPS) is 14.4. The van der Waals surface area contributed by atoms with E-state index in [-0.39, 0.29) is 0 Å². The SMILES string of the molecule is CCCC(C)CC(CSc1ccccc1C)NC. The van der Waals surface area contributed by atoms with E-state index in [4.69, 9.17) is 0 Å². The number of nitrogens with one attached hydrogen (secondary N) is 1. The molecule has 18 heavy (non-hydrogen) atoms. The van der Waals surface area contributed by atoms with Gasteiger partial charge < -0.3 is 5.32 Å². The van der Waals surface area contributed by atoms with Crippen molar-refractivity contribution in [3.63, 3.8) is 0 Å². The van der Waals surface area contributed by atoms with Crippen LogP contribution < -0.4 is 5.32 Å². The summed E-state index contributed by atoms with van der Waals surface area (Å²) in [6.45, 7) is 6.83. The van der Waals surface area contributed by atoms with Crippen molar-refractivity contribution in [1.29, 1.82) is 0 Å². The standard InChI is InChI=1S/C16H27NS/c1-5-8-13(2)11-15(17-4)12-18-16-10-7-6-9-14(16)3/h6-7,9-10,13,15,17H,5,8,11-12H2,1-4H3. The number of hydrogen-bond acceptors (Lipinski definition) is 2. The van der Waals surface area contributed by atoms with Gasteiger partial charge in [0.1, 0.15) is 0 Å². The van der Waals surface area contributed by atoms with Gasteiger partial charge in [0, 0.05) is 16.7 Å². The molecular formula is C16H27NS.